The van der Waals surface area contributed by atoms with Gasteiger partial charge in [0.15, 0.2) is 0 Å². The van der Waals surface area contributed by atoms with E-state index in [-0.39, 0.29) is 0 Å². The van der Waals surface area contributed by atoms with E-state index in [2.05, 4.69) is 4.90 Å². The van der Waals surface area contributed by atoms with Gasteiger partial charge in [-0.15, -0.1) is 0 Å². The third-order valence-electron chi connectivity index (χ3n) is 3.73. The molecule has 1 heterocycles. The fourth-order valence-corrected chi connectivity index (χ4v) is 2.80. The highest BCUT2D eigenvalue weighted by Crippen LogP contribution is 2.28. The van der Waals surface area contributed by atoms with Gasteiger partial charge in [-0.1, -0.05) is 0 Å². The Morgan fingerprint density at radius 3 is 2.15 bits per heavy atom. The zero-order valence-electron chi connectivity index (χ0n) is 8.41. The van der Waals surface area contributed by atoms with E-state index >= 15 is 0 Å². The second kappa shape index (κ2) is 4.43. The molecule has 1 aliphatic carbocycles. The average molecular weight is 183 g/mol. The molecule has 1 aliphatic heterocycles. The molecule has 0 aromatic rings. The van der Waals surface area contributed by atoms with Crippen molar-refractivity contribution in [2.75, 3.05) is 19.7 Å². The molecule has 1 N–H and O–H groups in total. The number of hydrogen-bond donors (Lipinski definition) is 1. The average Bonchev–Trinajstić information content (AvgIpc) is 2.71. The van der Waals surface area contributed by atoms with Crippen LogP contribution in [0, 0.1) is 5.92 Å². The van der Waals surface area contributed by atoms with E-state index in [4.69, 9.17) is 5.11 Å². The highest BCUT2D eigenvalue weighted by Gasteiger charge is 2.26. The number of likely N-dealkylation sites (tertiary alicyclic amines) is 1. The van der Waals surface area contributed by atoms with Gasteiger partial charge in [0, 0.05) is 12.6 Å². The fraction of sp³-hybridized carbons (Fsp3) is 1.00. The minimum absolute atomic E-state index is 0.409. The van der Waals surface area contributed by atoms with Gasteiger partial charge in [0.1, 0.15) is 0 Å². The molecule has 13 heavy (non-hydrogen) atoms. The lowest BCUT2D eigenvalue weighted by atomic mass is 9.86. The number of nitrogens with zero attached hydrogens (tertiary/aromatic N) is 1. The molecule has 0 radical (unpaired) electrons. The van der Waals surface area contributed by atoms with Crippen molar-refractivity contribution in [2.24, 2.45) is 5.92 Å². The van der Waals surface area contributed by atoms with Crippen molar-refractivity contribution in [3.05, 3.63) is 0 Å². The van der Waals surface area contributed by atoms with Crippen LogP contribution in [-0.4, -0.2) is 35.7 Å². The Bertz CT molecular complexity index is 146. The quantitative estimate of drug-likeness (QED) is 0.703. The van der Waals surface area contributed by atoms with E-state index in [1.807, 2.05) is 0 Å². The van der Waals surface area contributed by atoms with E-state index in [1.54, 1.807) is 0 Å². The smallest absolute Gasteiger partial charge is 0.0459 e. The predicted octanol–water partition coefficient (Wildman–Crippen LogP) is 1.63. The Morgan fingerprint density at radius 2 is 1.62 bits per heavy atom. The molecule has 2 nitrogen and oxygen atoms in total. The van der Waals surface area contributed by atoms with Gasteiger partial charge < -0.3 is 10.0 Å². The van der Waals surface area contributed by atoms with E-state index in [0.29, 0.717) is 12.5 Å². The molecule has 2 heteroatoms. The molecule has 2 rings (SSSR count). The maximum Gasteiger partial charge on any atom is 0.0459 e. The van der Waals surface area contributed by atoms with Gasteiger partial charge in [-0.05, 0) is 57.5 Å². The summed E-state index contributed by atoms with van der Waals surface area (Å²) < 4.78 is 0. The van der Waals surface area contributed by atoms with E-state index in [1.165, 1.54) is 51.6 Å². The van der Waals surface area contributed by atoms with Crippen LogP contribution in [-0.2, 0) is 0 Å². The molecule has 0 bridgehead atoms. The Balaban J connectivity index is 1.77. The Morgan fingerprint density at radius 1 is 1.00 bits per heavy atom. The molecule has 0 atom stereocenters. The van der Waals surface area contributed by atoms with Crippen molar-refractivity contribution in [1.29, 1.82) is 0 Å². The first kappa shape index (κ1) is 9.47. The lowest BCUT2D eigenvalue weighted by Gasteiger charge is -2.33. The molecule has 1 saturated carbocycles. The van der Waals surface area contributed by atoms with Crippen LogP contribution in [0.3, 0.4) is 0 Å². The minimum Gasteiger partial charge on any atom is -0.396 e. The summed E-state index contributed by atoms with van der Waals surface area (Å²) in [5.74, 6) is 0.610. The molecule has 0 aromatic carbocycles. The van der Waals surface area contributed by atoms with Gasteiger partial charge in [-0.2, -0.15) is 0 Å². The minimum atomic E-state index is 0.409. The molecule has 0 aromatic heterocycles. The Kier molecular flexibility index (Phi) is 3.23. The summed E-state index contributed by atoms with van der Waals surface area (Å²) in [6.07, 6.45) is 7.95. The van der Waals surface area contributed by atoms with Gasteiger partial charge in [-0.3, -0.25) is 0 Å². The van der Waals surface area contributed by atoms with Gasteiger partial charge in [0.05, 0.1) is 0 Å². The lowest BCUT2D eigenvalue weighted by molar-refractivity contribution is 0.127. The van der Waals surface area contributed by atoms with Crippen molar-refractivity contribution < 1.29 is 5.11 Å². The summed E-state index contributed by atoms with van der Waals surface area (Å²) in [7, 11) is 0. The van der Waals surface area contributed by atoms with Crippen LogP contribution in [0.25, 0.3) is 0 Å². The van der Waals surface area contributed by atoms with Crippen LogP contribution < -0.4 is 0 Å². The van der Waals surface area contributed by atoms with Crippen LogP contribution in [0.2, 0.25) is 0 Å². The SMILES string of the molecule is OCC1CCC(N2CCCC2)CC1. The molecule has 1 saturated heterocycles. The summed E-state index contributed by atoms with van der Waals surface area (Å²) in [4.78, 5) is 2.66. The molecule has 76 valence electrons. The summed E-state index contributed by atoms with van der Waals surface area (Å²) in [6, 6.07) is 0.852. The van der Waals surface area contributed by atoms with Crippen molar-refractivity contribution >= 4 is 0 Å². The van der Waals surface area contributed by atoms with Crippen LogP contribution in [0.1, 0.15) is 38.5 Å². The fourth-order valence-electron chi connectivity index (χ4n) is 2.80. The van der Waals surface area contributed by atoms with Crippen molar-refractivity contribution in [3.63, 3.8) is 0 Å². The second-order valence-electron chi connectivity index (χ2n) is 4.60. The standard InChI is InChI=1S/C11H21NO/c13-9-10-3-5-11(6-4-10)12-7-1-2-8-12/h10-11,13H,1-9H2. The van der Waals surface area contributed by atoms with Gasteiger partial charge in [0.25, 0.3) is 0 Å². The van der Waals surface area contributed by atoms with Gasteiger partial charge >= 0.3 is 0 Å². The van der Waals surface area contributed by atoms with Crippen LogP contribution in [0.4, 0.5) is 0 Å². The first-order valence-corrected chi connectivity index (χ1v) is 5.75. The Labute approximate surface area is 80.9 Å². The summed E-state index contributed by atoms with van der Waals surface area (Å²) >= 11 is 0. The number of aliphatic hydroxyl groups excluding tert-OH is 1. The molecular formula is C11H21NO. The lowest BCUT2D eigenvalue weighted by Crippen LogP contribution is -2.36. The summed E-state index contributed by atoms with van der Waals surface area (Å²) in [5, 5.41) is 9.03. The van der Waals surface area contributed by atoms with Gasteiger partial charge in [-0.25, -0.2) is 0 Å². The molecule has 0 amide bonds. The molecule has 0 spiro atoms. The third kappa shape index (κ3) is 2.23. The maximum absolute atomic E-state index is 9.03. The number of rotatable bonds is 2. The monoisotopic (exact) mass is 183 g/mol. The zero-order valence-corrected chi connectivity index (χ0v) is 8.41. The maximum atomic E-state index is 9.03. The van der Waals surface area contributed by atoms with Crippen LogP contribution in [0.15, 0.2) is 0 Å². The zero-order chi connectivity index (χ0) is 9.10. The number of aliphatic hydroxyl groups is 1. The molecule has 2 aliphatic rings. The molecule has 2 fully saturated rings. The van der Waals surface area contributed by atoms with Crippen LogP contribution in [0.5, 0.6) is 0 Å². The van der Waals surface area contributed by atoms with E-state index < -0.39 is 0 Å². The first-order valence-electron chi connectivity index (χ1n) is 5.75. The number of hydrogen-bond acceptors (Lipinski definition) is 2. The van der Waals surface area contributed by atoms with Crippen molar-refractivity contribution in [1.82, 2.24) is 4.90 Å². The van der Waals surface area contributed by atoms with Crippen molar-refractivity contribution in [2.45, 2.75) is 44.6 Å². The third-order valence-corrected chi connectivity index (χ3v) is 3.73. The summed E-state index contributed by atoms with van der Waals surface area (Å²) in [5.41, 5.74) is 0. The van der Waals surface area contributed by atoms with E-state index in [0.717, 1.165) is 6.04 Å². The second-order valence-corrected chi connectivity index (χ2v) is 4.60. The molecule has 0 unspecified atom stereocenters. The van der Waals surface area contributed by atoms with Crippen molar-refractivity contribution in [3.8, 4) is 0 Å². The first-order chi connectivity index (χ1) is 6.40. The van der Waals surface area contributed by atoms with Crippen LogP contribution >= 0.6 is 0 Å². The van der Waals surface area contributed by atoms with Gasteiger partial charge in [0.2, 0.25) is 0 Å². The topological polar surface area (TPSA) is 23.5 Å². The highest BCUT2D eigenvalue weighted by molar-refractivity contribution is 4.81. The Hall–Kier alpha value is -0.0800. The highest BCUT2D eigenvalue weighted by atomic mass is 16.3. The normalized spacial score (nSPS) is 36.7. The largest absolute Gasteiger partial charge is 0.396 e. The molecular weight excluding hydrogens is 162 g/mol. The summed E-state index contributed by atoms with van der Waals surface area (Å²) in [6.45, 7) is 3.07. The predicted molar refractivity (Wildman–Crippen MR) is 53.6 cm³/mol. The van der Waals surface area contributed by atoms with E-state index in [9.17, 15) is 0 Å².